The zero-order chi connectivity index (χ0) is 16.5. The molecule has 0 radical (unpaired) electrons. The largest absolute Gasteiger partial charge is 0.322 e. The highest BCUT2D eigenvalue weighted by molar-refractivity contribution is 6.05. The van der Waals surface area contributed by atoms with Crippen molar-refractivity contribution in [1.82, 2.24) is 20.4 Å². The van der Waals surface area contributed by atoms with Crippen LogP contribution in [-0.4, -0.2) is 21.7 Å². The van der Waals surface area contributed by atoms with Crippen LogP contribution in [0.4, 0.5) is 4.79 Å². The number of rotatable bonds is 3. The lowest BCUT2D eigenvalue weighted by Crippen LogP contribution is -2.22. The number of urea groups is 1. The Labute approximate surface area is 138 Å². The van der Waals surface area contributed by atoms with Crippen LogP contribution in [0.2, 0.25) is 0 Å². The van der Waals surface area contributed by atoms with Crippen molar-refractivity contribution in [2.75, 3.05) is 0 Å². The van der Waals surface area contributed by atoms with Crippen molar-refractivity contribution < 1.29 is 9.59 Å². The van der Waals surface area contributed by atoms with E-state index < -0.39 is 12.1 Å². The summed E-state index contributed by atoms with van der Waals surface area (Å²) >= 11 is 0. The number of carbonyl (C=O) groups excluding carboxylic acids is 2. The van der Waals surface area contributed by atoms with Crippen molar-refractivity contribution in [1.29, 1.82) is 0 Å². The number of nitrogens with one attached hydrogen (secondary N) is 2. The Morgan fingerprint density at radius 2 is 1.58 bits per heavy atom. The summed E-state index contributed by atoms with van der Waals surface area (Å²) in [6.45, 7) is 0. The van der Waals surface area contributed by atoms with Gasteiger partial charge in [0.1, 0.15) is 6.04 Å². The molecule has 0 spiro atoms. The fourth-order valence-electron chi connectivity index (χ4n) is 2.77. The van der Waals surface area contributed by atoms with Crippen LogP contribution in [0.3, 0.4) is 0 Å². The molecule has 4 rings (SSSR count). The van der Waals surface area contributed by atoms with E-state index in [2.05, 4.69) is 15.7 Å². The van der Waals surface area contributed by atoms with Crippen LogP contribution in [0.25, 0.3) is 16.9 Å². The van der Waals surface area contributed by atoms with Gasteiger partial charge in [0.25, 0.3) is 5.91 Å². The van der Waals surface area contributed by atoms with Gasteiger partial charge in [0, 0.05) is 17.3 Å². The Kier molecular flexibility index (Phi) is 3.35. The number of benzene rings is 2. The number of hydrogen-bond donors (Lipinski definition) is 2. The van der Waals surface area contributed by atoms with E-state index in [9.17, 15) is 9.59 Å². The first-order valence-corrected chi connectivity index (χ1v) is 7.54. The lowest BCUT2D eigenvalue weighted by molar-refractivity contribution is -0.120. The molecule has 24 heavy (non-hydrogen) atoms. The second-order valence-electron chi connectivity index (χ2n) is 5.47. The van der Waals surface area contributed by atoms with E-state index in [0.717, 1.165) is 11.3 Å². The summed E-state index contributed by atoms with van der Waals surface area (Å²) in [5.41, 5.74) is 3.09. The smallest absolute Gasteiger partial charge is 0.322 e. The van der Waals surface area contributed by atoms with Gasteiger partial charge < -0.3 is 5.32 Å². The molecule has 2 heterocycles. The number of para-hydroxylation sites is 1. The molecule has 3 aromatic rings. The minimum absolute atomic E-state index is 0.371. The van der Waals surface area contributed by atoms with Gasteiger partial charge in [-0.1, -0.05) is 48.5 Å². The van der Waals surface area contributed by atoms with Gasteiger partial charge in [-0.25, -0.2) is 9.48 Å². The molecule has 6 heteroatoms. The van der Waals surface area contributed by atoms with Gasteiger partial charge >= 0.3 is 6.03 Å². The lowest BCUT2D eigenvalue weighted by atomic mass is 10.0. The molecule has 1 fully saturated rings. The van der Waals surface area contributed by atoms with Crippen LogP contribution >= 0.6 is 0 Å². The maximum Gasteiger partial charge on any atom is 0.322 e. The van der Waals surface area contributed by atoms with E-state index in [1.807, 2.05) is 60.7 Å². The fourth-order valence-corrected chi connectivity index (χ4v) is 2.77. The monoisotopic (exact) mass is 318 g/mol. The Bertz CT molecular complexity index is 903. The summed E-state index contributed by atoms with van der Waals surface area (Å²) in [6, 6.07) is 18.0. The minimum atomic E-state index is -0.745. The molecule has 0 saturated carbocycles. The molecule has 6 nitrogen and oxygen atoms in total. The van der Waals surface area contributed by atoms with E-state index in [4.69, 9.17) is 0 Å². The van der Waals surface area contributed by atoms with Crippen molar-refractivity contribution >= 4 is 11.9 Å². The highest BCUT2D eigenvalue weighted by Crippen LogP contribution is 2.29. The average molecular weight is 318 g/mol. The summed E-state index contributed by atoms with van der Waals surface area (Å²) < 4.78 is 1.72. The first-order chi connectivity index (χ1) is 11.7. The highest BCUT2D eigenvalue weighted by Gasteiger charge is 2.34. The summed E-state index contributed by atoms with van der Waals surface area (Å²) in [4.78, 5) is 23.6. The first kappa shape index (κ1) is 14.2. The van der Waals surface area contributed by atoms with Crippen LogP contribution in [0.15, 0.2) is 66.9 Å². The molecule has 2 N–H and O–H groups in total. The van der Waals surface area contributed by atoms with E-state index in [1.165, 1.54) is 0 Å². The number of aromatic nitrogens is 2. The Morgan fingerprint density at radius 3 is 2.21 bits per heavy atom. The Balaban J connectivity index is 1.86. The molecule has 1 aromatic heterocycles. The van der Waals surface area contributed by atoms with Gasteiger partial charge in [-0.15, -0.1) is 0 Å². The predicted octanol–water partition coefficient (Wildman–Crippen LogP) is 2.42. The van der Waals surface area contributed by atoms with E-state index >= 15 is 0 Å². The average Bonchev–Trinajstić information content (AvgIpc) is 3.19. The van der Waals surface area contributed by atoms with Gasteiger partial charge in [0.2, 0.25) is 0 Å². The van der Waals surface area contributed by atoms with Gasteiger partial charge in [-0.2, -0.15) is 5.10 Å². The molecule has 0 bridgehead atoms. The third-order valence-electron chi connectivity index (χ3n) is 3.90. The molecule has 0 aliphatic carbocycles. The zero-order valence-corrected chi connectivity index (χ0v) is 12.6. The summed E-state index contributed by atoms with van der Waals surface area (Å²) in [6.07, 6.45) is 1.79. The van der Waals surface area contributed by atoms with E-state index in [-0.39, 0.29) is 5.91 Å². The number of imide groups is 1. The maximum atomic E-state index is 12.1. The van der Waals surface area contributed by atoms with Gasteiger partial charge in [-0.05, 0) is 12.1 Å². The number of carbonyl (C=O) groups is 2. The standard InChI is InChI=1S/C18H14N4O2/c23-17-16(19-18(24)20-17)14-11-22(13-9-5-2-6-10-13)21-15(14)12-7-3-1-4-8-12/h1-11,16H,(H2,19,20,23,24)/t16-/m1/s1. The number of hydrogen-bond acceptors (Lipinski definition) is 3. The van der Waals surface area contributed by atoms with Gasteiger partial charge in [0.05, 0.1) is 11.4 Å². The number of amides is 3. The third kappa shape index (κ3) is 2.44. The summed E-state index contributed by atoms with van der Waals surface area (Å²) in [5, 5.41) is 9.55. The molecule has 0 unspecified atom stereocenters. The Hall–Kier alpha value is -3.41. The van der Waals surface area contributed by atoms with Crippen molar-refractivity contribution in [3.05, 3.63) is 72.4 Å². The van der Waals surface area contributed by atoms with Crippen molar-refractivity contribution in [2.45, 2.75) is 6.04 Å². The van der Waals surface area contributed by atoms with Crippen LogP contribution in [0.5, 0.6) is 0 Å². The molecule has 3 amide bonds. The van der Waals surface area contributed by atoms with Crippen LogP contribution < -0.4 is 10.6 Å². The number of nitrogens with zero attached hydrogens (tertiary/aromatic N) is 2. The topological polar surface area (TPSA) is 76.0 Å². The van der Waals surface area contributed by atoms with Crippen LogP contribution in [0, 0.1) is 0 Å². The van der Waals surface area contributed by atoms with Gasteiger partial charge in [0.15, 0.2) is 0 Å². The normalized spacial score (nSPS) is 16.8. The highest BCUT2D eigenvalue weighted by atomic mass is 16.2. The van der Waals surface area contributed by atoms with Crippen LogP contribution in [0.1, 0.15) is 11.6 Å². The SMILES string of the molecule is O=C1NC(=O)[C@@H](c2cn(-c3ccccc3)nc2-c2ccccc2)N1. The zero-order valence-electron chi connectivity index (χ0n) is 12.6. The summed E-state index contributed by atoms with van der Waals surface area (Å²) in [7, 11) is 0. The molecule has 1 atom stereocenters. The molecular weight excluding hydrogens is 304 g/mol. The fraction of sp³-hybridized carbons (Fsp3) is 0.0556. The van der Waals surface area contributed by atoms with Gasteiger partial charge in [-0.3, -0.25) is 10.1 Å². The molecule has 1 aliphatic heterocycles. The molecule has 1 aliphatic rings. The second kappa shape index (κ2) is 5.66. The molecule has 1 saturated heterocycles. The lowest BCUT2D eigenvalue weighted by Gasteiger charge is -2.07. The minimum Gasteiger partial charge on any atom is -0.322 e. The quantitative estimate of drug-likeness (QED) is 0.728. The maximum absolute atomic E-state index is 12.1. The van der Waals surface area contributed by atoms with Crippen LogP contribution in [-0.2, 0) is 4.79 Å². The van der Waals surface area contributed by atoms with E-state index in [0.29, 0.717) is 11.3 Å². The predicted molar refractivity (Wildman–Crippen MR) is 88.4 cm³/mol. The summed E-state index contributed by atoms with van der Waals surface area (Å²) in [5.74, 6) is -0.371. The van der Waals surface area contributed by atoms with E-state index in [1.54, 1.807) is 10.9 Å². The molecule has 2 aromatic carbocycles. The second-order valence-corrected chi connectivity index (χ2v) is 5.47. The first-order valence-electron chi connectivity index (χ1n) is 7.54. The molecular formula is C18H14N4O2. The van der Waals surface area contributed by atoms with Crippen molar-refractivity contribution in [3.8, 4) is 16.9 Å². The molecule has 118 valence electrons. The third-order valence-corrected chi connectivity index (χ3v) is 3.90. The Morgan fingerprint density at radius 1 is 0.917 bits per heavy atom. The van der Waals surface area contributed by atoms with Crippen molar-refractivity contribution in [2.24, 2.45) is 0 Å². The van der Waals surface area contributed by atoms with Crippen molar-refractivity contribution in [3.63, 3.8) is 0 Å².